The maximum Gasteiger partial charge on any atom is 0.159 e. The third-order valence-electron chi connectivity index (χ3n) is 12.6. The molecule has 336 valence electrons. The van der Waals surface area contributed by atoms with Crippen LogP contribution >= 0.6 is 0 Å². The highest BCUT2D eigenvalue weighted by molar-refractivity contribution is 6.77. The zero-order chi connectivity index (χ0) is 43.8. The summed E-state index contributed by atoms with van der Waals surface area (Å²) < 4.78 is 18.9. The first-order valence-electron chi connectivity index (χ1n) is 24.4. The molecule has 4 aromatic rings. The van der Waals surface area contributed by atoms with Crippen LogP contribution in [0.1, 0.15) is 142 Å². The molecular formula is C52H82N4O3Si2. The molecule has 61 heavy (non-hydrogen) atoms. The smallest absolute Gasteiger partial charge is 0.159 e. The van der Waals surface area contributed by atoms with Gasteiger partial charge in [-0.3, -0.25) is 0 Å². The molecule has 2 heterocycles. The monoisotopic (exact) mass is 867 g/mol. The zero-order valence-electron chi connectivity index (χ0n) is 39.8. The molecule has 0 N–H and O–H groups in total. The summed E-state index contributed by atoms with van der Waals surface area (Å²) in [5.41, 5.74) is 3.98. The van der Waals surface area contributed by atoms with E-state index in [0.29, 0.717) is 0 Å². The Labute approximate surface area is 373 Å². The third kappa shape index (κ3) is 18.8. The lowest BCUT2D eigenvalue weighted by atomic mass is 10.1. The van der Waals surface area contributed by atoms with Gasteiger partial charge in [0, 0.05) is 27.3 Å². The van der Waals surface area contributed by atoms with E-state index in [1.165, 1.54) is 101 Å². The van der Waals surface area contributed by atoms with E-state index in [9.17, 15) is 0 Å². The predicted molar refractivity (Wildman–Crippen MR) is 264 cm³/mol. The van der Waals surface area contributed by atoms with E-state index in [1.807, 2.05) is 60.9 Å². The highest BCUT2D eigenvalue weighted by Crippen LogP contribution is 2.30. The van der Waals surface area contributed by atoms with Gasteiger partial charge in [0.15, 0.2) is 23.1 Å². The van der Waals surface area contributed by atoms with Crippen LogP contribution in [0.4, 0.5) is 0 Å². The summed E-state index contributed by atoms with van der Waals surface area (Å²) in [5, 5.41) is 0. The molecule has 0 unspecified atom stereocenters. The lowest BCUT2D eigenvalue weighted by molar-refractivity contribution is 0.298. The van der Waals surface area contributed by atoms with Crippen LogP contribution in [-0.2, 0) is 12.8 Å². The summed E-state index contributed by atoms with van der Waals surface area (Å²) in [6.07, 6.45) is 25.3. The molecule has 7 nitrogen and oxygen atoms in total. The van der Waals surface area contributed by atoms with Gasteiger partial charge in [-0.25, -0.2) is 19.9 Å². The van der Waals surface area contributed by atoms with Crippen molar-refractivity contribution in [2.45, 2.75) is 194 Å². The molecule has 4 rings (SSSR count). The van der Waals surface area contributed by atoms with E-state index >= 15 is 0 Å². The van der Waals surface area contributed by atoms with Crippen molar-refractivity contribution in [2.75, 3.05) is 13.2 Å². The molecule has 0 aliphatic rings. The van der Waals surface area contributed by atoms with Crippen molar-refractivity contribution in [3.05, 3.63) is 72.3 Å². The van der Waals surface area contributed by atoms with Gasteiger partial charge in [0.05, 0.1) is 37.0 Å². The number of unbranched alkanes of at least 4 members (excludes halogenated alkanes) is 12. The van der Waals surface area contributed by atoms with Gasteiger partial charge < -0.3 is 14.2 Å². The number of aromatic nitrogens is 4. The van der Waals surface area contributed by atoms with Crippen LogP contribution in [0.15, 0.2) is 60.9 Å². The molecule has 2 aromatic heterocycles. The first kappa shape index (κ1) is 50.1. The zero-order valence-corrected chi connectivity index (χ0v) is 41.8. The fourth-order valence-corrected chi connectivity index (χ4v) is 10.6. The molecule has 0 saturated heterocycles. The highest BCUT2D eigenvalue weighted by atomic mass is 28.3. The van der Waals surface area contributed by atoms with Crippen LogP contribution in [-0.4, -0.2) is 49.3 Å². The molecule has 0 atom stereocenters. The Morgan fingerprint density at radius 1 is 0.443 bits per heavy atom. The minimum atomic E-state index is -1.09. The number of nitrogens with zero attached hydrogens (tertiary/aromatic N) is 4. The highest BCUT2D eigenvalue weighted by Gasteiger charge is 2.19. The molecular weight excluding hydrogens is 785 g/mol. The molecule has 2 aromatic carbocycles. The van der Waals surface area contributed by atoms with Crippen LogP contribution in [0, 0.1) is 0 Å². The number of hydrogen-bond acceptors (Lipinski definition) is 7. The number of rotatable bonds is 32. The number of ether oxygens (including phenoxy) is 3. The second-order valence-electron chi connectivity index (χ2n) is 18.8. The van der Waals surface area contributed by atoms with Crippen LogP contribution in [0.2, 0.25) is 50.4 Å². The molecule has 0 aliphatic carbocycles. The van der Waals surface area contributed by atoms with E-state index in [0.717, 1.165) is 109 Å². The van der Waals surface area contributed by atoms with Gasteiger partial charge in [0.1, 0.15) is 11.5 Å². The molecule has 0 radical (unpaired) electrons. The summed E-state index contributed by atoms with van der Waals surface area (Å²) in [5.74, 6) is 4.66. The minimum absolute atomic E-state index is 0.720. The Hall–Kier alpha value is -3.57. The van der Waals surface area contributed by atoms with Crippen molar-refractivity contribution in [3.8, 4) is 45.8 Å². The van der Waals surface area contributed by atoms with Gasteiger partial charge in [-0.05, 0) is 87.1 Å². The molecule has 0 saturated carbocycles. The second kappa shape index (κ2) is 27.5. The molecule has 9 heteroatoms. The fourth-order valence-electron chi connectivity index (χ4n) is 7.44. The summed E-state index contributed by atoms with van der Waals surface area (Å²) in [6.45, 7) is 20.7. The largest absolute Gasteiger partial charge is 0.490 e. The van der Waals surface area contributed by atoms with E-state index in [-0.39, 0.29) is 0 Å². The Kier molecular flexibility index (Phi) is 22.6. The summed E-state index contributed by atoms with van der Waals surface area (Å²) in [4.78, 5) is 19.7. The Morgan fingerprint density at radius 2 is 0.820 bits per heavy atom. The lowest BCUT2D eigenvalue weighted by Crippen LogP contribution is -2.23. The third-order valence-corrected chi connectivity index (χ3v) is 19.8. The SMILES string of the molecule is CCCCCCCCOc1cnc(-c2ccc(Oc3ccc(-c4ncc(OCCCCCCCC)c(CCCC[Si](C)(C)CC)n4)cc3)cc2)nc1CCCC[Si](C)(C)CC. The molecule has 0 bridgehead atoms. The normalized spacial score (nSPS) is 11.9. The van der Waals surface area contributed by atoms with Gasteiger partial charge >= 0.3 is 0 Å². The van der Waals surface area contributed by atoms with Crippen molar-refractivity contribution in [1.82, 2.24) is 19.9 Å². The van der Waals surface area contributed by atoms with E-state index in [2.05, 4.69) is 53.9 Å². The van der Waals surface area contributed by atoms with E-state index < -0.39 is 16.1 Å². The molecule has 0 fully saturated rings. The van der Waals surface area contributed by atoms with Crippen molar-refractivity contribution in [1.29, 1.82) is 0 Å². The van der Waals surface area contributed by atoms with Crippen LogP contribution < -0.4 is 14.2 Å². The quantitative estimate of drug-likeness (QED) is 0.0357. The van der Waals surface area contributed by atoms with E-state index in [4.69, 9.17) is 34.1 Å². The van der Waals surface area contributed by atoms with Crippen LogP contribution in [0.3, 0.4) is 0 Å². The fraction of sp³-hybridized carbons (Fsp3) is 0.615. The molecule has 0 spiro atoms. The van der Waals surface area contributed by atoms with Crippen LogP contribution in [0.5, 0.6) is 23.0 Å². The Balaban J connectivity index is 1.39. The van der Waals surface area contributed by atoms with Gasteiger partial charge in [-0.2, -0.15) is 0 Å². The predicted octanol–water partition coefficient (Wildman–Crippen LogP) is 16.0. The summed E-state index contributed by atoms with van der Waals surface area (Å²) >= 11 is 0. The van der Waals surface area contributed by atoms with Crippen LogP contribution in [0.25, 0.3) is 22.8 Å². The van der Waals surface area contributed by atoms with Gasteiger partial charge in [-0.15, -0.1) is 0 Å². The lowest BCUT2D eigenvalue weighted by Gasteiger charge is -2.19. The maximum absolute atomic E-state index is 6.31. The van der Waals surface area contributed by atoms with Crippen molar-refractivity contribution >= 4 is 16.1 Å². The number of aryl methyl sites for hydroxylation is 2. The van der Waals surface area contributed by atoms with E-state index in [1.54, 1.807) is 0 Å². The standard InChI is InChI=1S/C52H82N4O3Si2/c1-9-13-15-17-19-23-37-57-49-41-53-51(55-47(49)27-21-25-39-60(5,6)11-3)43-29-33-45(34-30-43)59-46-35-31-44(32-36-46)52-54-42-50(58-38-24-20-18-16-14-10-2)48(56-52)28-22-26-40-61(7,8)12-4/h29-36,41-42H,9-28,37-40H2,1-8H3. The van der Waals surface area contributed by atoms with Gasteiger partial charge in [0.25, 0.3) is 0 Å². The Morgan fingerprint density at radius 3 is 1.20 bits per heavy atom. The number of benzene rings is 2. The number of hydrogen-bond donors (Lipinski definition) is 0. The first-order chi connectivity index (χ1) is 29.6. The van der Waals surface area contributed by atoms with Crippen molar-refractivity contribution in [3.63, 3.8) is 0 Å². The molecule has 0 amide bonds. The van der Waals surface area contributed by atoms with Crippen molar-refractivity contribution < 1.29 is 14.2 Å². The minimum Gasteiger partial charge on any atom is -0.490 e. The second-order valence-corrected chi connectivity index (χ2v) is 29.9. The van der Waals surface area contributed by atoms with Crippen molar-refractivity contribution in [2.24, 2.45) is 0 Å². The summed E-state index contributed by atoms with van der Waals surface area (Å²) in [6, 6.07) is 21.6. The average molecular weight is 867 g/mol. The van der Waals surface area contributed by atoms with Gasteiger partial charge in [-0.1, -0.05) is 155 Å². The van der Waals surface area contributed by atoms with Gasteiger partial charge in [0.2, 0.25) is 0 Å². The molecule has 0 aliphatic heterocycles. The summed E-state index contributed by atoms with van der Waals surface area (Å²) in [7, 11) is -2.19. The maximum atomic E-state index is 6.31. The Bertz CT molecular complexity index is 1670. The average Bonchev–Trinajstić information content (AvgIpc) is 3.27. The topological polar surface area (TPSA) is 79.2 Å². The first-order valence-corrected chi connectivity index (χ1v) is 31.3.